The second-order valence-electron chi connectivity index (χ2n) is 7.53. The Kier molecular flexibility index (Phi) is 5.08. The van der Waals surface area contributed by atoms with Crippen molar-refractivity contribution in [3.63, 3.8) is 0 Å². The Labute approximate surface area is 168 Å². The molecular weight excluding hydrogens is 409 g/mol. The molecule has 2 fully saturated rings. The molecular formula is C19H18F5N5O. The number of nitrogens with two attached hydrogens (primary N) is 1. The molecule has 0 spiro atoms. The van der Waals surface area contributed by atoms with Crippen molar-refractivity contribution >= 4 is 17.5 Å². The van der Waals surface area contributed by atoms with Gasteiger partial charge in [-0.2, -0.15) is 0 Å². The molecule has 0 radical (unpaired) electrons. The van der Waals surface area contributed by atoms with E-state index in [0.29, 0.717) is 12.1 Å². The van der Waals surface area contributed by atoms with Crippen LogP contribution >= 0.6 is 0 Å². The third-order valence-corrected chi connectivity index (χ3v) is 5.45. The van der Waals surface area contributed by atoms with Gasteiger partial charge in [0.05, 0.1) is 6.54 Å². The second kappa shape index (κ2) is 7.46. The number of anilines is 2. The fourth-order valence-corrected chi connectivity index (χ4v) is 3.86. The molecule has 160 valence electrons. The van der Waals surface area contributed by atoms with Gasteiger partial charge in [-0.25, -0.2) is 31.9 Å². The Hall–Kier alpha value is -2.82. The molecule has 2 saturated heterocycles. The quantitative estimate of drug-likeness (QED) is 0.602. The van der Waals surface area contributed by atoms with E-state index in [4.69, 9.17) is 5.73 Å². The Bertz CT molecular complexity index is 988. The van der Waals surface area contributed by atoms with E-state index in [2.05, 4.69) is 9.97 Å². The minimum Gasteiger partial charge on any atom is -0.350 e. The van der Waals surface area contributed by atoms with Crippen molar-refractivity contribution in [2.75, 3.05) is 29.4 Å². The first-order valence-electron chi connectivity index (χ1n) is 9.30. The molecule has 2 aliphatic rings. The highest BCUT2D eigenvalue weighted by Crippen LogP contribution is 2.34. The van der Waals surface area contributed by atoms with Gasteiger partial charge in [0, 0.05) is 50.0 Å². The van der Waals surface area contributed by atoms with Gasteiger partial charge in [0.2, 0.25) is 5.91 Å². The number of nitrogens with zero attached hydrogens (tertiary/aromatic N) is 4. The Morgan fingerprint density at radius 2 is 1.73 bits per heavy atom. The number of carbonyl (C=O) groups is 1. The van der Waals surface area contributed by atoms with E-state index in [0.717, 1.165) is 0 Å². The van der Waals surface area contributed by atoms with Gasteiger partial charge in [-0.1, -0.05) is 0 Å². The highest BCUT2D eigenvalue weighted by Gasteiger charge is 2.40. The van der Waals surface area contributed by atoms with Crippen molar-refractivity contribution in [3.8, 4) is 0 Å². The molecule has 3 heterocycles. The van der Waals surface area contributed by atoms with E-state index in [1.165, 1.54) is 22.2 Å². The summed E-state index contributed by atoms with van der Waals surface area (Å²) in [5, 5.41) is 0. The third-order valence-electron chi connectivity index (χ3n) is 5.45. The number of carbonyl (C=O) groups excluding carboxylic acids is 1. The summed E-state index contributed by atoms with van der Waals surface area (Å²) >= 11 is 0. The average Bonchev–Trinajstić information content (AvgIpc) is 3.06. The topological polar surface area (TPSA) is 75.3 Å². The number of amides is 1. The molecule has 30 heavy (non-hydrogen) atoms. The van der Waals surface area contributed by atoms with Gasteiger partial charge in [0.15, 0.2) is 11.6 Å². The molecule has 0 unspecified atom stereocenters. The van der Waals surface area contributed by atoms with Gasteiger partial charge in [-0.3, -0.25) is 9.69 Å². The van der Waals surface area contributed by atoms with E-state index >= 15 is 0 Å². The van der Waals surface area contributed by atoms with E-state index in [9.17, 15) is 26.7 Å². The molecule has 4 rings (SSSR count). The smallest absolute Gasteiger partial charge is 0.266 e. The summed E-state index contributed by atoms with van der Waals surface area (Å²) in [5.74, 6) is -7.20. The summed E-state index contributed by atoms with van der Waals surface area (Å²) in [6.07, 6.45) is 0.632. The average molecular weight is 427 g/mol. The fraction of sp³-hybridized carbons (Fsp3) is 0.421. The van der Waals surface area contributed by atoms with Gasteiger partial charge in [0.25, 0.3) is 5.92 Å². The van der Waals surface area contributed by atoms with Gasteiger partial charge in [-0.15, -0.1) is 0 Å². The van der Waals surface area contributed by atoms with Crippen LogP contribution in [0, 0.1) is 17.5 Å². The lowest BCUT2D eigenvalue weighted by atomic mass is 9.85. The maximum Gasteiger partial charge on any atom is 0.266 e. The minimum absolute atomic E-state index is 0.0610. The first kappa shape index (κ1) is 20.5. The van der Waals surface area contributed by atoms with Crippen molar-refractivity contribution < 1.29 is 26.7 Å². The molecule has 6 nitrogen and oxygen atoms in total. The van der Waals surface area contributed by atoms with Gasteiger partial charge >= 0.3 is 0 Å². The number of hydrogen-bond acceptors (Lipinski definition) is 5. The maximum absolute atomic E-state index is 14.1. The SMILES string of the molecule is N[C@H]1CN(c2cc(N3CCC(F)(F)C3)ncn2)C(=O)C[C@@H]1c1cc(F)c(F)cc1F. The van der Waals surface area contributed by atoms with E-state index in [-0.39, 0.29) is 43.1 Å². The molecule has 0 bridgehead atoms. The number of rotatable bonds is 3. The Morgan fingerprint density at radius 3 is 2.43 bits per heavy atom. The van der Waals surface area contributed by atoms with Crippen LogP contribution in [0.4, 0.5) is 33.6 Å². The summed E-state index contributed by atoms with van der Waals surface area (Å²) in [6, 6.07) is 1.78. The number of halogens is 5. The first-order chi connectivity index (χ1) is 14.1. The number of alkyl halides is 2. The van der Waals surface area contributed by atoms with E-state index < -0.39 is 47.8 Å². The van der Waals surface area contributed by atoms with E-state index in [1.807, 2.05) is 0 Å². The fourth-order valence-electron chi connectivity index (χ4n) is 3.86. The molecule has 0 aliphatic carbocycles. The zero-order valence-electron chi connectivity index (χ0n) is 15.7. The summed E-state index contributed by atoms with van der Waals surface area (Å²) in [6.45, 7) is -0.419. The standard InChI is InChI=1S/C19H18F5N5O/c20-12-5-14(22)13(21)3-10(12)11-4-18(30)29(7-15(11)25)17-6-16(26-9-27-17)28-2-1-19(23,24)8-28/h3,5-6,9,11,15H,1-2,4,7-8,25H2/t11-,15+/m1/s1. The van der Waals surface area contributed by atoms with Gasteiger partial charge in [-0.05, 0) is 11.6 Å². The summed E-state index contributed by atoms with van der Waals surface area (Å²) < 4.78 is 67.9. The number of hydrogen-bond donors (Lipinski definition) is 1. The highest BCUT2D eigenvalue weighted by molar-refractivity contribution is 5.94. The van der Waals surface area contributed by atoms with Gasteiger partial charge in [0.1, 0.15) is 23.8 Å². The monoisotopic (exact) mass is 427 g/mol. The summed E-state index contributed by atoms with van der Waals surface area (Å²) in [4.78, 5) is 23.4. The highest BCUT2D eigenvalue weighted by atomic mass is 19.3. The van der Waals surface area contributed by atoms with Crippen LogP contribution in [-0.4, -0.2) is 47.5 Å². The predicted molar refractivity (Wildman–Crippen MR) is 97.8 cm³/mol. The largest absolute Gasteiger partial charge is 0.350 e. The summed E-state index contributed by atoms with van der Waals surface area (Å²) in [7, 11) is 0. The molecule has 1 aromatic carbocycles. The van der Waals surface area contributed by atoms with Crippen LogP contribution in [0.15, 0.2) is 24.5 Å². The zero-order valence-corrected chi connectivity index (χ0v) is 15.7. The second-order valence-corrected chi connectivity index (χ2v) is 7.53. The van der Waals surface area contributed by atoms with Crippen LogP contribution in [0.5, 0.6) is 0 Å². The molecule has 2 N–H and O–H groups in total. The van der Waals surface area contributed by atoms with Crippen molar-refractivity contribution in [1.82, 2.24) is 9.97 Å². The zero-order chi connectivity index (χ0) is 21.6. The van der Waals surface area contributed by atoms with Crippen LogP contribution in [0.2, 0.25) is 0 Å². The molecule has 1 amide bonds. The lowest BCUT2D eigenvalue weighted by molar-refractivity contribution is -0.120. The minimum atomic E-state index is -2.81. The molecule has 11 heteroatoms. The number of piperidine rings is 1. The lowest BCUT2D eigenvalue weighted by Crippen LogP contribution is -2.51. The summed E-state index contributed by atoms with van der Waals surface area (Å²) in [5.41, 5.74) is 5.95. The molecule has 1 aromatic heterocycles. The van der Waals surface area contributed by atoms with Gasteiger partial charge < -0.3 is 10.6 Å². The van der Waals surface area contributed by atoms with Crippen LogP contribution in [0.25, 0.3) is 0 Å². The van der Waals surface area contributed by atoms with Crippen molar-refractivity contribution in [1.29, 1.82) is 0 Å². The maximum atomic E-state index is 14.1. The van der Waals surface area contributed by atoms with Crippen LogP contribution in [0.3, 0.4) is 0 Å². The first-order valence-corrected chi connectivity index (χ1v) is 9.30. The predicted octanol–water partition coefficient (Wildman–Crippen LogP) is 2.59. The number of aromatic nitrogens is 2. The van der Waals surface area contributed by atoms with E-state index in [1.54, 1.807) is 0 Å². The Morgan fingerprint density at radius 1 is 1.03 bits per heavy atom. The van der Waals surface area contributed by atoms with Crippen LogP contribution < -0.4 is 15.5 Å². The lowest BCUT2D eigenvalue weighted by Gasteiger charge is -2.36. The Balaban J connectivity index is 1.55. The molecule has 0 saturated carbocycles. The van der Waals surface area contributed by atoms with Crippen molar-refractivity contribution in [3.05, 3.63) is 47.5 Å². The number of benzene rings is 1. The molecule has 2 atom stereocenters. The van der Waals surface area contributed by atoms with Crippen LogP contribution in [0.1, 0.15) is 24.3 Å². The molecule has 2 aromatic rings. The normalized spacial score (nSPS) is 23.9. The van der Waals surface area contributed by atoms with Crippen molar-refractivity contribution in [2.24, 2.45) is 5.73 Å². The third kappa shape index (κ3) is 3.81. The van der Waals surface area contributed by atoms with Crippen LogP contribution in [-0.2, 0) is 4.79 Å². The molecule has 2 aliphatic heterocycles. The van der Waals surface area contributed by atoms with Crippen molar-refractivity contribution in [2.45, 2.75) is 30.7 Å².